The molecule has 0 N–H and O–H groups in total. The molecule has 1 aromatic rings. The highest BCUT2D eigenvalue weighted by atomic mass is 14.7. The van der Waals surface area contributed by atoms with E-state index in [4.69, 9.17) is 6.57 Å². The van der Waals surface area contributed by atoms with Gasteiger partial charge in [-0.3, -0.25) is 0 Å². The molecule has 68 valence electrons. The number of hydrogen-bond donors (Lipinski definition) is 0. The minimum atomic E-state index is -0.0145. The third kappa shape index (κ3) is 1.89. The molecular formula is C12H15N. The van der Waals surface area contributed by atoms with Gasteiger partial charge in [-0.05, 0) is 43.5 Å². The average molecular weight is 173 g/mol. The Bertz CT molecular complexity index is 358. The highest BCUT2D eigenvalue weighted by molar-refractivity contribution is 5.38. The van der Waals surface area contributed by atoms with Crippen LogP contribution >= 0.6 is 0 Å². The van der Waals surface area contributed by atoms with E-state index in [1.54, 1.807) is 0 Å². The molecule has 0 aliphatic heterocycles. The van der Waals surface area contributed by atoms with Crippen molar-refractivity contribution in [3.8, 4) is 0 Å². The number of rotatable bonds is 1. The van der Waals surface area contributed by atoms with E-state index in [-0.39, 0.29) is 6.04 Å². The number of benzene rings is 1. The SMILES string of the molecule is [C-]#[N+]C(C)c1cc(C)c(C)cc1C. The standard InChI is InChI=1S/C12H15N/c1-8-6-10(3)12(7-9(8)2)11(4)13-5/h6-7,11H,1-4H3. The van der Waals surface area contributed by atoms with E-state index in [1.807, 2.05) is 6.92 Å². The van der Waals surface area contributed by atoms with Crippen LogP contribution in [0.2, 0.25) is 0 Å². The van der Waals surface area contributed by atoms with Crippen LogP contribution in [0.5, 0.6) is 0 Å². The quantitative estimate of drug-likeness (QED) is 0.572. The number of hydrogen-bond acceptors (Lipinski definition) is 0. The van der Waals surface area contributed by atoms with E-state index in [1.165, 1.54) is 16.7 Å². The lowest BCUT2D eigenvalue weighted by Gasteiger charge is -2.08. The molecule has 0 fully saturated rings. The molecule has 1 heteroatoms. The Morgan fingerprint density at radius 2 is 1.62 bits per heavy atom. The van der Waals surface area contributed by atoms with Crippen molar-refractivity contribution in [2.45, 2.75) is 33.7 Å². The van der Waals surface area contributed by atoms with Crippen molar-refractivity contribution in [3.05, 3.63) is 45.8 Å². The summed E-state index contributed by atoms with van der Waals surface area (Å²) in [5.74, 6) is 0. The number of nitrogens with zero attached hydrogens (tertiary/aromatic N) is 1. The van der Waals surface area contributed by atoms with Crippen molar-refractivity contribution >= 4 is 0 Å². The Morgan fingerprint density at radius 3 is 2.15 bits per heavy atom. The van der Waals surface area contributed by atoms with Crippen LogP contribution in [0.3, 0.4) is 0 Å². The van der Waals surface area contributed by atoms with Gasteiger partial charge in [0, 0.05) is 12.5 Å². The van der Waals surface area contributed by atoms with Gasteiger partial charge in [-0.25, -0.2) is 6.57 Å². The van der Waals surface area contributed by atoms with Gasteiger partial charge in [0.05, 0.1) is 0 Å². The second kappa shape index (κ2) is 3.62. The first kappa shape index (κ1) is 9.80. The molecule has 0 saturated carbocycles. The maximum atomic E-state index is 6.99. The molecule has 0 aliphatic rings. The van der Waals surface area contributed by atoms with Gasteiger partial charge in [-0.15, -0.1) is 0 Å². The number of aryl methyl sites for hydroxylation is 3. The zero-order valence-electron chi connectivity index (χ0n) is 8.68. The predicted octanol–water partition coefficient (Wildman–Crippen LogP) is 3.59. The summed E-state index contributed by atoms with van der Waals surface area (Å²) in [6.07, 6.45) is 0. The molecule has 1 rings (SSSR count). The monoisotopic (exact) mass is 173 g/mol. The average Bonchev–Trinajstić information content (AvgIpc) is 2.10. The Balaban J connectivity index is 3.25. The summed E-state index contributed by atoms with van der Waals surface area (Å²) in [4.78, 5) is 3.54. The van der Waals surface area contributed by atoms with Gasteiger partial charge >= 0.3 is 0 Å². The van der Waals surface area contributed by atoms with Crippen molar-refractivity contribution in [1.82, 2.24) is 0 Å². The van der Waals surface area contributed by atoms with Crippen molar-refractivity contribution in [1.29, 1.82) is 0 Å². The van der Waals surface area contributed by atoms with Gasteiger partial charge in [-0.2, -0.15) is 0 Å². The zero-order valence-corrected chi connectivity index (χ0v) is 8.68. The Hall–Kier alpha value is -1.29. The first-order valence-corrected chi connectivity index (χ1v) is 4.50. The van der Waals surface area contributed by atoms with E-state index < -0.39 is 0 Å². The normalized spacial score (nSPS) is 12.2. The lowest BCUT2D eigenvalue weighted by molar-refractivity contribution is 0.940. The molecule has 0 bridgehead atoms. The first-order chi connectivity index (χ1) is 6.06. The summed E-state index contributed by atoms with van der Waals surface area (Å²) in [6, 6.07) is 4.28. The van der Waals surface area contributed by atoms with Gasteiger partial charge in [0.1, 0.15) is 0 Å². The Morgan fingerprint density at radius 1 is 1.08 bits per heavy atom. The third-order valence-electron chi connectivity index (χ3n) is 2.53. The van der Waals surface area contributed by atoms with Crippen LogP contribution in [-0.4, -0.2) is 0 Å². The summed E-state index contributed by atoms with van der Waals surface area (Å²) in [7, 11) is 0. The smallest absolute Gasteiger partial charge is 0.246 e. The van der Waals surface area contributed by atoms with Crippen LogP contribution in [0.25, 0.3) is 4.85 Å². The van der Waals surface area contributed by atoms with Gasteiger partial charge < -0.3 is 4.85 Å². The van der Waals surface area contributed by atoms with Crippen LogP contribution < -0.4 is 0 Å². The predicted molar refractivity (Wildman–Crippen MR) is 55.7 cm³/mol. The van der Waals surface area contributed by atoms with Crippen molar-refractivity contribution in [2.24, 2.45) is 0 Å². The molecule has 0 spiro atoms. The molecular weight excluding hydrogens is 158 g/mol. The van der Waals surface area contributed by atoms with E-state index in [9.17, 15) is 0 Å². The zero-order chi connectivity index (χ0) is 10.0. The topological polar surface area (TPSA) is 4.36 Å². The second-order valence-corrected chi connectivity index (χ2v) is 3.60. The maximum absolute atomic E-state index is 6.99. The van der Waals surface area contributed by atoms with Crippen molar-refractivity contribution in [3.63, 3.8) is 0 Å². The molecule has 0 aromatic heterocycles. The lowest BCUT2D eigenvalue weighted by atomic mass is 9.97. The van der Waals surface area contributed by atoms with E-state index in [0.29, 0.717) is 0 Å². The van der Waals surface area contributed by atoms with Crippen LogP contribution in [0.4, 0.5) is 0 Å². The highest BCUT2D eigenvalue weighted by Gasteiger charge is 2.12. The molecule has 0 saturated heterocycles. The van der Waals surface area contributed by atoms with E-state index in [2.05, 4.69) is 37.7 Å². The molecule has 0 amide bonds. The first-order valence-electron chi connectivity index (χ1n) is 4.50. The Kier molecular flexibility index (Phi) is 2.72. The van der Waals surface area contributed by atoms with Gasteiger partial charge in [-0.1, -0.05) is 6.07 Å². The van der Waals surface area contributed by atoms with Gasteiger partial charge in [0.2, 0.25) is 6.04 Å². The molecule has 1 nitrogen and oxygen atoms in total. The van der Waals surface area contributed by atoms with E-state index >= 15 is 0 Å². The lowest BCUT2D eigenvalue weighted by Crippen LogP contribution is -1.94. The summed E-state index contributed by atoms with van der Waals surface area (Å²) < 4.78 is 0. The van der Waals surface area contributed by atoms with Crippen LogP contribution in [0, 0.1) is 27.3 Å². The molecule has 1 atom stereocenters. The highest BCUT2D eigenvalue weighted by Crippen LogP contribution is 2.23. The molecule has 1 unspecified atom stereocenters. The fourth-order valence-electron chi connectivity index (χ4n) is 1.50. The second-order valence-electron chi connectivity index (χ2n) is 3.60. The molecule has 0 heterocycles. The van der Waals surface area contributed by atoms with Crippen LogP contribution in [0.1, 0.15) is 35.2 Å². The van der Waals surface area contributed by atoms with Crippen LogP contribution in [0.15, 0.2) is 12.1 Å². The summed E-state index contributed by atoms with van der Waals surface area (Å²) >= 11 is 0. The fraction of sp³-hybridized carbons (Fsp3) is 0.417. The molecule has 0 radical (unpaired) electrons. The largest absolute Gasteiger partial charge is 0.309 e. The van der Waals surface area contributed by atoms with Crippen molar-refractivity contribution in [2.75, 3.05) is 0 Å². The molecule has 0 aliphatic carbocycles. The summed E-state index contributed by atoms with van der Waals surface area (Å²) in [5, 5.41) is 0. The summed E-state index contributed by atoms with van der Waals surface area (Å²) in [6.45, 7) is 15.2. The van der Waals surface area contributed by atoms with Gasteiger partial charge in [0.15, 0.2) is 0 Å². The molecule has 1 aromatic carbocycles. The Labute approximate surface area is 80.2 Å². The molecule has 13 heavy (non-hydrogen) atoms. The van der Waals surface area contributed by atoms with Crippen molar-refractivity contribution < 1.29 is 0 Å². The minimum Gasteiger partial charge on any atom is -0.309 e. The summed E-state index contributed by atoms with van der Waals surface area (Å²) in [5.41, 5.74) is 4.97. The van der Waals surface area contributed by atoms with E-state index in [0.717, 1.165) is 5.56 Å². The van der Waals surface area contributed by atoms with Gasteiger partial charge in [0.25, 0.3) is 0 Å². The fourth-order valence-corrected chi connectivity index (χ4v) is 1.50. The maximum Gasteiger partial charge on any atom is 0.246 e. The third-order valence-corrected chi connectivity index (χ3v) is 2.53. The van der Waals surface area contributed by atoms with Crippen LogP contribution in [-0.2, 0) is 0 Å². The minimum absolute atomic E-state index is 0.0145.